The smallest absolute Gasteiger partial charge is 0.434 e. The Bertz CT molecular complexity index is 282. The third kappa shape index (κ3) is 14.9. The van der Waals surface area contributed by atoms with Crippen LogP contribution < -0.4 is 0 Å². The average molecular weight is 290 g/mol. The maximum absolute atomic E-state index is 11.2. The van der Waals surface area contributed by atoms with Crippen molar-refractivity contribution in [2.75, 3.05) is 39.6 Å². The second-order valence-electron chi connectivity index (χ2n) is 5.62. The molecule has 0 saturated carbocycles. The molecule has 0 aliphatic carbocycles. The molecule has 118 valence electrons. The third-order valence-corrected chi connectivity index (χ3v) is 2.04. The minimum atomic E-state index is -0.679. The van der Waals surface area contributed by atoms with Gasteiger partial charge in [0.05, 0.1) is 33.0 Å². The number of carbonyl (C=O) groups is 2. The summed E-state index contributed by atoms with van der Waals surface area (Å²) in [5.41, 5.74) is -0.0767. The third-order valence-electron chi connectivity index (χ3n) is 2.04. The van der Waals surface area contributed by atoms with E-state index < -0.39 is 6.16 Å². The lowest BCUT2D eigenvalue weighted by Gasteiger charge is -2.17. The molecule has 0 atom stereocenters. The normalized spacial score (nSPS) is 11.2. The van der Waals surface area contributed by atoms with E-state index in [4.69, 9.17) is 18.9 Å². The van der Waals surface area contributed by atoms with Gasteiger partial charge in [-0.1, -0.05) is 20.8 Å². The van der Waals surface area contributed by atoms with E-state index in [2.05, 4.69) is 0 Å². The van der Waals surface area contributed by atoms with Crippen LogP contribution in [0.15, 0.2) is 0 Å². The zero-order valence-corrected chi connectivity index (χ0v) is 12.9. The van der Waals surface area contributed by atoms with E-state index >= 15 is 0 Å². The Hall–Kier alpha value is -1.14. The van der Waals surface area contributed by atoms with Gasteiger partial charge in [0.1, 0.15) is 12.4 Å². The molecule has 0 aromatic heterocycles. The molecule has 0 heterocycles. The second-order valence-corrected chi connectivity index (χ2v) is 5.62. The first-order valence-electron chi connectivity index (χ1n) is 6.76. The fourth-order valence-electron chi connectivity index (χ4n) is 1.04. The molecule has 0 fully saturated rings. The Morgan fingerprint density at radius 3 is 1.95 bits per heavy atom. The molecule has 0 aromatic rings. The summed E-state index contributed by atoms with van der Waals surface area (Å²) in [4.78, 5) is 21.8. The first-order valence-corrected chi connectivity index (χ1v) is 6.76. The molecule has 0 amide bonds. The minimum Gasteiger partial charge on any atom is -0.434 e. The molecule has 0 rings (SSSR count). The van der Waals surface area contributed by atoms with Gasteiger partial charge in [-0.2, -0.15) is 0 Å². The average Bonchev–Trinajstić information content (AvgIpc) is 2.33. The molecule has 0 aromatic carbocycles. The summed E-state index contributed by atoms with van der Waals surface area (Å²) in [6.45, 7) is 9.42. The number of ketones is 1. The highest BCUT2D eigenvalue weighted by molar-refractivity contribution is 5.75. The van der Waals surface area contributed by atoms with Crippen LogP contribution in [-0.4, -0.2) is 51.6 Å². The summed E-state index contributed by atoms with van der Waals surface area (Å²) in [5, 5.41) is 0. The molecule has 0 bridgehead atoms. The van der Waals surface area contributed by atoms with Crippen molar-refractivity contribution < 1.29 is 28.5 Å². The van der Waals surface area contributed by atoms with Crippen LogP contribution in [0.1, 0.15) is 34.1 Å². The van der Waals surface area contributed by atoms with Crippen LogP contribution in [-0.2, 0) is 23.7 Å². The van der Waals surface area contributed by atoms with Crippen LogP contribution in [0.3, 0.4) is 0 Å². The van der Waals surface area contributed by atoms with E-state index in [0.717, 1.165) is 0 Å². The van der Waals surface area contributed by atoms with Crippen LogP contribution >= 0.6 is 0 Å². The fourth-order valence-corrected chi connectivity index (χ4v) is 1.04. The van der Waals surface area contributed by atoms with Crippen molar-refractivity contribution in [1.29, 1.82) is 0 Å². The van der Waals surface area contributed by atoms with E-state index in [1.807, 2.05) is 20.8 Å². The molecular weight excluding hydrogens is 264 g/mol. The lowest BCUT2D eigenvalue weighted by molar-refractivity contribution is -0.118. The first-order chi connectivity index (χ1) is 9.31. The molecule has 0 aliphatic heterocycles. The fraction of sp³-hybridized carbons (Fsp3) is 0.857. The van der Waals surface area contributed by atoms with E-state index in [1.54, 1.807) is 0 Å². The largest absolute Gasteiger partial charge is 0.508 e. The van der Waals surface area contributed by atoms with Crippen molar-refractivity contribution in [1.82, 2.24) is 0 Å². The summed E-state index contributed by atoms with van der Waals surface area (Å²) < 4.78 is 20.1. The number of hydrogen-bond acceptors (Lipinski definition) is 6. The van der Waals surface area contributed by atoms with Gasteiger partial charge in [0.25, 0.3) is 0 Å². The van der Waals surface area contributed by atoms with Crippen LogP contribution in [0.2, 0.25) is 0 Å². The van der Waals surface area contributed by atoms with E-state index in [0.29, 0.717) is 39.5 Å². The van der Waals surface area contributed by atoms with Gasteiger partial charge in [-0.3, -0.25) is 4.79 Å². The Morgan fingerprint density at radius 2 is 1.40 bits per heavy atom. The van der Waals surface area contributed by atoms with Crippen LogP contribution in [0.4, 0.5) is 4.79 Å². The molecule has 0 aliphatic rings. The SMILES string of the molecule is CC(=O)CCOCCOCCOC(=O)OCC(C)(C)C. The molecule has 0 radical (unpaired) electrons. The Kier molecular flexibility index (Phi) is 10.0. The van der Waals surface area contributed by atoms with Gasteiger partial charge in [0.2, 0.25) is 0 Å². The van der Waals surface area contributed by atoms with Gasteiger partial charge < -0.3 is 18.9 Å². The molecule has 0 spiro atoms. The molecule has 6 nitrogen and oxygen atoms in total. The topological polar surface area (TPSA) is 71.1 Å². The molecule has 6 heteroatoms. The van der Waals surface area contributed by atoms with Gasteiger partial charge in [-0.05, 0) is 12.3 Å². The molecule has 20 heavy (non-hydrogen) atoms. The maximum atomic E-state index is 11.2. The van der Waals surface area contributed by atoms with E-state index in [-0.39, 0.29) is 17.8 Å². The first kappa shape index (κ1) is 18.9. The standard InChI is InChI=1S/C14H26O6/c1-12(15)5-6-17-7-8-18-9-10-19-13(16)20-11-14(2,3)4/h5-11H2,1-4H3. The van der Waals surface area contributed by atoms with Crippen molar-refractivity contribution in [3.05, 3.63) is 0 Å². The lowest BCUT2D eigenvalue weighted by atomic mass is 9.99. The Morgan fingerprint density at radius 1 is 0.850 bits per heavy atom. The second kappa shape index (κ2) is 10.6. The highest BCUT2D eigenvalue weighted by Gasteiger charge is 2.14. The summed E-state index contributed by atoms with van der Waals surface area (Å²) in [5.74, 6) is 0.105. The number of carbonyl (C=O) groups excluding carboxylic acids is 2. The quantitative estimate of drug-likeness (QED) is 0.454. The highest BCUT2D eigenvalue weighted by Crippen LogP contribution is 2.13. The molecular formula is C14H26O6. The van der Waals surface area contributed by atoms with Gasteiger partial charge in [0.15, 0.2) is 0 Å². The van der Waals surface area contributed by atoms with Crippen molar-refractivity contribution in [3.63, 3.8) is 0 Å². The minimum absolute atomic E-state index is 0.0767. The van der Waals surface area contributed by atoms with Crippen molar-refractivity contribution >= 4 is 11.9 Å². The maximum Gasteiger partial charge on any atom is 0.508 e. The lowest BCUT2D eigenvalue weighted by Crippen LogP contribution is -2.20. The molecule has 0 N–H and O–H groups in total. The van der Waals surface area contributed by atoms with E-state index in [1.165, 1.54) is 6.92 Å². The predicted molar refractivity (Wildman–Crippen MR) is 73.7 cm³/mol. The molecule has 0 unspecified atom stereocenters. The number of Topliss-reactive ketones (excluding diaryl/α,β-unsaturated/α-hetero) is 1. The Labute approximate surface area is 120 Å². The van der Waals surface area contributed by atoms with Crippen LogP contribution in [0.25, 0.3) is 0 Å². The highest BCUT2D eigenvalue weighted by atomic mass is 16.7. The number of rotatable bonds is 10. The van der Waals surface area contributed by atoms with Crippen molar-refractivity contribution in [2.45, 2.75) is 34.1 Å². The van der Waals surface area contributed by atoms with E-state index in [9.17, 15) is 9.59 Å². The van der Waals surface area contributed by atoms with Gasteiger partial charge in [0, 0.05) is 6.42 Å². The van der Waals surface area contributed by atoms with Gasteiger partial charge >= 0.3 is 6.16 Å². The number of ether oxygens (including phenoxy) is 4. The van der Waals surface area contributed by atoms with Crippen molar-refractivity contribution in [2.24, 2.45) is 5.41 Å². The Balaban J connectivity index is 3.27. The molecule has 0 saturated heterocycles. The van der Waals surface area contributed by atoms with Gasteiger partial charge in [-0.15, -0.1) is 0 Å². The van der Waals surface area contributed by atoms with Crippen molar-refractivity contribution in [3.8, 4) is 0 Å². The zero-order valence-electron chi connectivity index (χ0n) is 12.9. The summed E-state index contributed by atoms with van der Waals surface area (Å²) in [6, 6.07) is 0. The summed E-state index contributed by atoms with van der Waals surface area (Å²) in [6.07, 6.45) is -0.260. The summed E-state index contributed by atoms with van der Waals surface area (Å²) >= 11 is 0. The number of hydrogen-bond donors (Lipinski definition) is 0. The summed E-state index contributed by atoms with van der Waals surface area (Å²) in [7, 11) is 0. The van der Waals surface area contributed by atoms with Crippen LogP contribution in [0.5, 0.6) is 0 Å². The monoisotopic (exact) mass is 290 g/mol. The van der Waals surface area contributed by atoms with Crippen LogP contribution in [0, 0.1) is 5.41 Å². The van der Waals surface area contributed by atoms with Gasteiger partial charge in [-0.25, -0.2) is 4.79 Å². The zero-order chi connectivity index (χ0) is 15.4. The predicted octanol–water partition coefficient (Wildman–Crippen LogP) is 2.20.